The third-order valence-electron chi connectivity index (χ3n) is 4.35. The minimum absolute atomic E-state index is 0.194. The van der Waals surface area contributed by atoms with Crippen LogP contribution in [0.2, 0.25) is 0 Å². The number of pyridine rings is 1. The van der Waals surface area contributed by atoms with Gasteiger partial charge in [-0.05, 0) is 36.2 Å². The van der Waals surface area contributed by atoms with Crippen LogP contribution in [0.1, 0.15) is 15.9 Å². The van der Waals surface area contributed by atoms with E-state index in [1.807, 2.05) is 24.3 Å². The van der Waals surface area contributed by atoms with E-state index < -0.39 is 11.6 Å². The Morgan fingerprint density at radius 3 is 2.62 bits per heavy atom. The highest BCUT2D eigenvalue weighted by molar-refractivity contribution is 6.07. The minimum Gasteiger partial charge on any atom is -0.349 e. The average Bonchev–Trinajstić information content (AvgIpc) is 3.09. The summed E-state index contributed by atoms with van der Waals surface area (Å²) in [6.07, 6.45) is 3.67. The zero-order chi connectivity index (χ0) is 18.1. The Labute approximate surface area is 149 Å². The van der Waals surface area contributed by atoms with Crippen LogP contribution in [-0.2, 0) is 6.42 Å². The van der Waals surface area contributed by atoms with Gasteiger partial charge in [0.1, 0.15) is 17.3 Å². The SMILES string of the molecule is O=C(c1cncc(Nc2c(F)cccc2F)c1)N1CCc2ccccc21. The molecule has 0 saturated heterocycles. The first kappa shape index (κ1) is 16.2. The quantitative estimate of drug-likeness (QED) is 0.765. The molecule has 0 fully saturated rings. The van der Waals surface area contributed by atoms with Crippen LogP contribution in [0.25, 0.3) is 0 Å². The molecule has 4 nitrogen and oxygen atoms in total. The van der Waals surface area contributed by atoms with Crippen molar-refractivity contribution in [2.75, 3.05) is 16.8 Å². The van der Waals surface area contributed by atoms with Gasteiger partial charge in [0.05, 0.1) is 17.4 Å². The number of hydrogen-bond donors (Lipinski definition) is 1. The van der Waals surface area contributed by atoms with Gasteiger partial charge in [0.25, 0.3) is 5.91 Å². The first-order chi connectivity index (χ1) is 12.6. The average molecular weight is 351 g/mol. The molecule has 4 rings (SSSR count). The number of fused-ring (bicyclic) bond motifs is 1. The van der Waals surface area contributed by atoms with Crippen LogP contribution in [0.4, 0.5) is 25.8 Å². The molecule has 6 heteroatoms. The van der Waals surface area contributed by atoms with Crippen LogP contribution in [0.5, 0.6) is 0 Å². The molecular formula is C20H15F2N3O. The smallest absolute Gasteiger partial charge is 0.259 e. The third kappa shape index (κ3) is 2.90. The highest BCUT2D eigenvalue weighted by Crippen LogP contribution is 2.29. The molecule has 1 aliphatic heterocycles. The van der Waals surface area contributed by atoms with Gasteiger partial charge in [-0.3, -0.25) is 9.78 Å². The molecule has 0 aliphatic carbocycles. The monoisotopic (exact) mass is 351 g/mol. The Morgan fingerprint density at radius 1 is 1.04 bits per heavy atom. The normalized spacial score (nSPS) is 12.8. The van der Waals surface area contributed by atoms with Crippen LogP contribution < -0.4 is 10.2 Å². The predicted octanol–water partition coefficient (Wildman–Crippen LogP) is 4.31. The van der Waals surface area contributed by atoms with Crippen LogP contribution in [0.15, 0.2) is 60.9 Å². The Hall–Kier alpha value is -3.28. The number of aromatic nitrogens is 1. The summed E-state index contributed by atoms with van der Waals surface area (Å²) in [6, 6.07) is 12.9. The standard InChI is InChI=1S/C20H15F2N3O/c21-16-5-3-6-17(22)19(16)24-15-10-14(11-23-12-15)20(26)25-9-8-13-4-1-2-7-18(13)25/h1-7,10-12,24H,8-9H2. The van der Waals surface area contributed by atoms with Crippen molar-refractivity contribution in [1.29, 1.82) is 0 Å². The second-order valence-electron chi connectivity index (χ2n) is 6.02. The Bertz CT molecular complexity index is 970. The number of halogens is 2. The van der Waals surface area contributed by atoms with E-state index in [0.29, 0.717) is 17.8 Å². The summed E-state index contributed by atoms with van der Waals surface area (Å²) in [7, 11) is 0. The van der Waals surface area contributed by atoms with Crippen LogP contribution in [-0.4, -0.2) is 17.4 Å². The second-order valence-corrected chi connectivity index (χ2v) is 6.02. The molecule has 1 aliphatic rings. The van der Waals surface area contributed by atoms with Gasteiger partial charge >= 0.3 is 0 Å². The second kappa shape index (κ2) is 6.55. The number of benzene rings is 2. The summed E-state index contributed by atoms with van der Waals surface area (Å²) in [5, 5.41) is 2.66. The molecule has 0 spiro atoms. The highest BCUT2D eigenvalue weighted by atomic mass is 19.1. The van der Waals surface area contributed by atoms with Gasteiger partial charge in [-0.1, -0.05) is 24.3 Å². The van der Waals surface area contributed by atoms with E-state index in [1.165, 1.54) is 18.5 Å². The maximum Gasteiger partial charge on any atom is 0.259 e. The largest absolute Gasteiger partial charge is 0.349 e. The molecule has 2 heterocycles. The Balaban J connectivity index is 1.61. The maximum atomic E-state index is 13.8. The number of carbonyl (C=O) groups is 1. The van der Waals surface area contributed by atoms with E-state index in [1.54, 1.807) is 11.0 Å². The van der Waals surface area contributed by atoms with E-state index in [0.717, 1.165) is 29.8 Å². The molecule has 130 valence electrons. The fourth-order valence-corrected chi connectivity index (χ4v) is 3.09. The lowest BCUT2D eigenvalue weighted by Crippen LogP contribution is -2.29. The molecule has 1 aromatic heterocycles. The van der Waals surface area contributed by atoms with Crippen molar-refractivity contribution >= 4 is 23.0 Å². The molecule has 3 aromatic rings. The van der Waals surface area contributed by atoms with Crippen molar-refractivity contribution in [3.8, 4) is 0 Å². The molecule has 1 amide bonds. The zero-order valence-corrected chi connectivity index (χ0v) is 13.7. The lowest BCUT2D eigenvalue weighted by atomic mass is 10.2. The van der Waals surface area contributed by atoms with Gasteiger partial charge in [-0.2, -0.15) is 0 Å². The number of carbonyl (C=O) groups excluding carboxylic acids is 1. The van der Waals surface area contributed by atoms with E-state index in [9.17, 15) is 13.6 Å². The summed E-state index contributed by atoms with van der Waals surface area (Å²) < 4.78 is 27.6. The van der Waals surface area contributed by atoms with Crippen molar-refractivity contribution in [3.63, 3.8) is 0 Å². The molecule has 2 aromatic carbocycles. The van der Waals surface area contributed by atoms with Gasteiger partial charge in [-0.25, -0.2) is 8.78 Å². The molecule has 0 saturated carbocycles. The molecule has 0 bridgehead atoms. The van der Waals surface area contributed by atoms with Crippen molar-refractivity contribution < 1.29 is 13.6 Å². The van der Waals surface area contributed by atoms with Crippen molar-refractivity contribution in [2.45, 2.75) is 6.42 Å². The van der Waals surface area contributed by atoms with Gasteiger partial charge in [0.15, 0.2) is 0 Å². The van der Waals surface area contributed by atoms with Gasteiger partial charge in [-0.15, -0.1) is 0 Å². The molecule has 26 heavy (non-hydrogen) atoms. The Morgan fingerprint density at radius 2 is 1.81 bits per heavy atom. The summed E-state index contributed by atoms with van der Waals surface area (Å²) in [5.74, 6) is -1.62. The van der Waals surface area contributed by atoms with E-state index in [2.05, 4.69) is 10.3 Å². The predicted molar refractivity (Wildman–Crippen MR) is 95.7 cm³/mol. The summed E-state index contributed by atoms with van der Waals surface area (Å²) in [5.41, 5.74) is 2.42. The number of nitrogens with one attached hydrogen (secondary N) is 1. The first-order valence-corrected chi connectivity index (χ1v) is 8.19. The fraction of sp³-hybridized carbons (Fsp3) is 0.100. The maximum absolute atomic E-state index is 13.8. The number of para-hydroxylation sites is 2. The molecule has 0 unspecified atom stereocenters. The summed E-state index contributed by atoms with van der Waals surface area (Å²) >= 11 is 0. The lowest BCUT2D eigenvalue weighted by molar-refractivity contribution is 0.0989. The summed E-state index contributed by atoms with van der Waals surface area (Å²) in [6.45, 7) is 0.595. The fourth-order valence-electron chi connectivity index (χ4n) is 3.09. The van der Waals surface area contributed by atoms with Crippen molar-refractivity contribution in [2.24, 2.45) is 0 Å². The number of rotatable bonds is 3. The van der Waals surface area contributed by atoms with Crippen LogP contribution in [0.3, 0.4) is 0 Å². The van der Waals surface area contributed by atoms with E-state index in [-0.39, 0.29) is 11.6 Å². The Kier molecular flexibility index (Phi) is 4.08. The number of hydrogen-bond acceptors (Lipinski definition) is 3. The van der Waals surface area contributed by atoms with Crippen molar-refractivity contribution in [1.82, 2.24) is 4.98 Å². The third-order valence-corrected chi connectivity index (χ3v) is 4.35. The highest BCUT2D eigenvalue weighted by Gasteiger charge is 2.25. The van der Waals surface area contributed by atoms with E-state index >= 15 is 0 Å². The minimum atomic E-state index is -0.713. The van der Waals surface area contributed by atoms with Crippen molar-refractivity contribution in [3.05, 3.63) is 83.7 Å². The topological polar surface area (TPSA) is 45.2 Å². The summed E-state index contributed by atoms with van der Waals surface area (Å²) in [4.78, 5) is 18.6. The lowest BCUT2D eigenvalue weighted by Gasteiger charge is -2.17. The van der Waals surface area contributed by atoms with Gasteiger partial charge in [0, 0.05) is 18.4 Å². The number of nitrogens with zero attached hydrogens (tertiary/aromatic N) is 2. The first-order valence-electron chi connectivity index (χ1n) is 8.19. The molecule has 1 N–H and O–H groups in total. The number of anilines is 3. The molecular weight excluding hydrogens is 336 g/mol. The van der Waals surface area contributed by atoms with Gasteiger partial charge < -0.3 is 10.2 Å². The van der Waals surface area contributed by atoms with Crippen LogP contribution in [0, 0.1) is 11.6 Å². The number of amides is 1. The van der Waals surface area contributed by atoms with Crippen LogP contribution >= 0.6 is 0 Å². The molecule has 0 radical (unpaired) electrons. The zero-order valence-electron chi connectivity index (χ0n) is 13.7. The van der Waals surface area contributed by atoms with Gasteiger partial charge in [0.2, 0.25) is 0 Å². The van der Waals surface area contributed by atoms with E-state index in [4.69, 9.17) is 0 Å². The molecule has 0 atom stereocenters.